The van der Waals surface area contributed by atoms with Crippen LogP contribution in [0.25, 0.3) is 0 Å². The van der Waals surface area contributed by atoms with Crippen molar-refractivity contribution < 1.29 is 14.6 Å². The van der Waals surface area contributed by atoms with Crippen molar-refractivity contribution in [3.05, 3.63) is 29.8 Å². The van der Waals surface area contributed by atoms with Crippen molar-refractivity contribution in [1.82, 2.24) is 10.6 Å². The zero-order valence-electron chi connectivity index (χ0n) is 18.1. The molecule has 164 valence electrons. The second kappa shape index (κ2) is 10.3. The number of ether oxygens (including phenoxy) is 2. The number of aliphatic hydroxyl groups is 1. The van der Waals surface area contributed by atoms with Crippen LogP contribution in [0.4, 0.5) is 0 Å². The summed E-state index contributed by atoms with van der Waals surface area (Å²) in [6.07, 6.45) is 0.852. The molecular formula is C22H36IN3O3. The minimum Gasteiger partial charge on any atom is -0.491 e. The number of fused-ring (bicyclic) bond motifs is 1. The summed E-state index contributed by atoms with van der Waals surface area (Å²) in [7, 11) is 0. The largest absolute Gasteiger partial charge is 0.491 e. The first-order valence-corrected chi connectivity index (χ1v) is 10.4. The molecule has 2 fully saturated rings. The lowest BCUT2D eigenvalue weighted by atomic mass is 9.57. The molecule has 0 radical (unpaired) electrons. The van der Waals surface area contributed by atoms with E-state index >= 15 is 0 Å². The van der Waals surface area contributed by atoms with Crippen LogP contribution in [-0.2, 0) is 4.74 Å². The summed E-state index contributed by atoms with van der Waals surface area (Å²) < 4.78 is 11.6. The molecule has 6 nitrogen and oxygen atoms in total. The third kappa shape index (κ3) is 5.55. The number of rotatable bonds is 7. The summed E-state index contributed by atoms with van der Waals surface area (Å²) in [5, 5.41) is 17.5. The number of aliphatic hydroxyl groups excluding tert-OH is 1. The molecule has 3 N–H and O–H groups in total. The molecule has 1 saturated carbocycles. The van der Waals surface area contributed by atoms with Crippen molar-refractivity contribution >= 4 is 29.9 Å². The minimum atomic E-state index is -0.678. The van der Waals surface area contributed by atoms with Gasteiger partial charge in [0.05, 0.1) is 24.9 Å². The predicted octanol–water partition coefficient (Wildman–Crippen LogP) is 3.49. The molecular weight excluding hydrogens is 481 g/mol. The zero-order chi connectivity index (χ0) is 20.3. The Morgan fingerprint density at radius 2 is 2.14 bits per heavy atom. The first kappa shape index (κ1) is 24.2. The van der Waals surface area contributed by atoms with E-state index in [9.17, 15) is 5.11 Å². The number of aliphatic imine (C=N–C) groups is 1. The van der Waals surface area contributed by atoms with Crippen LogP contribution >= 0.6 is 24.0 Å². The Hall–Kier alpha value is -1.06. The average molecular weight is 517 g/mol. The molecule has 7 heteroatoms. The summed E-state index contributed by atoms with van der Waals surface area (Å²) in [5.41, 5.74) is 0.893. The molecule has 3 rings (SSSR count). The Morgan fingerprint density at radius 1 is 1.38 bits per heavy atom. The Kier molecular flexibility index (Phi) is 8.60. The zero-order valence-corrected chi connectivity index (χ0v) is 20.5. The molecule has 1 aliphatic carbocycles. The molecule has 0 spiro atoms. The van der Waals surface area contributed by atoms with Gasteiger partial charge in [0.1, 0.15) is 5.75 Å². The van der Waals surface area contributed by atoms with Gasteiger partial charge in [-0.1, -0.05) is 26.0 Å². The lowest BCUT2D eigenvalue weighted by Gasteiger charge is -2.54. The number of nitrogens with zero attached hydrogens (tertiary/aromatic N) is 1. The van der Waals surface area contributed by atoms with E-state index in [1.807, 2.05) is 45.0 Å². The molecule has 2 aliphatic rings. The van der Waals surface area contributed by atoms with Crippen LogP contribution in [0.2, 0.25) is 0 Å². The van der Waals surface area contributed by atoms with Gasteiger partial charge in [0.15, 0.2) is 5.96 Å². The second-order valence-corrected chi connectivity index (χ2v) is 8.66. The first-order chi connectivity index (χ1) is 13.3. The number of hydrogen-bond acceptors (Lipinski definition) is 4. The van der Waals surface area contributed by atoms with Crippen LogP contribution < -0.4 is 15.4 Å². The fourth-order valence-electron chi connectivity index (χ4n) is 4.44. The fourth-order valence-corrected chi connectivity index (χ4v) is 4.44. The Morgan fingerprint density at radius 3 is 2.83 bits per heavy atom. The normalized spacial score (nSPS) is 26.2. The Bertz CT molecular complexity index is 696. The molecule has 4 unspecified atom stereocenters. The summed E-state index contributed by atoms with van der Waals surface area (Å²) in [5.74, 6) is 2.05. The van der Waals surface area contributed by atoms with E-state index < -0.39 is 6.10 Å². The quantitative estimate of drug-likeness (QED) is 0.294. The van der Waals surface area contributed by atoms with Crippen molar-refractivity contribution in [3.8, 4) is 5.75 Å². The number of halogens is 1. The highest BCUT2D eigenvalue weighted by Gasteiger charge is 2.59. The van der Waals surface area contributed by atoms with Crippen LogP contribution in [0.1, 0.15) is 52.7 Å². The smallest absolute Gasteiger partial charge is 0.191 e. The molecule has 1 aliphatic heterocycles. The topological polar surface area (TPSA) is 75.1 Å². The number of nitrogens with one attached hydrogen (secondary N) is 2. The molecule has 1 saturated heterocycles. The van der Waals surface area contributed by atoms with E-state index in [-0.39, 0.29) is 42.0 Å². The summed E-state index contributed by atoms with van der Waals surface area (Å²) >= 11 is 0. The third-order valence-corrected chi connectivity index (χ3v) is 5.77. The van der Waals surface area contributed by atoms with Crippen molar-refractivity contribution in [2.45, 2.75) is 65.4 Å². The second-order valence-electron chi connectivity index (χ2n) is 8.66. The van der Waals surface area contributed by atoms with Gasteiger partial charge in [-0.3, -0.25) is 4.99 Å². The molecule has 1 aromatic rings. The van der Waals surface area contributed by atoms with Gasteiger partial charge >= 0.3 is 0 Å². The van der Waals surface area contributed by atoms with Crippen LogP contribution in [0.5, 0.6) is 5.75 Å². The van der Waals surface area contributed by atoms with Crippen molar-refractivity contribution in [3.63, 3.8) is 0 Å². The van der Waals surface area contributed by atoms with Crippen LogP contribution in [0.3, 0.4) is 0 Å². The number of guanidine groups is 1. The van der Waals surface area contributed by atoms with Crippen molar-refractivity contribution in [2.75, 3.05) is 19.7 Å². The van der Waals surface area contributed by atoms with Gasteiger partial charge < -0.3 is 25.2 Å². The number of benzene rings is 1. The van der Waals surface area contributed by atoms with E-state index in [4.69, 9.17) is 9.47 Å². The maximum absolute atomic E-state index is 10.6. The SMILES string of the molecule is CCNC(=NCC(O)c1cccc(OC(C)C)c1)NC1C2CCOC2C1(C)C.I. The summed E-state index contributed by atoms with van der Waals surface area (Å²) in [6, 6.07) is 7.93. The predicted molar refractivity (Wildman–Crippen MR) is 127 cm³/mol. The van der Waals surface area contributed by atoms with Gasteiger partial charge in [0.25, 0.3) is 0 Å². The van der Waals surface area contributed by atoms with E-state index in [0.717, 1.165) is 36.8 Å². The lowest BCUT2D eigenvalue weighted by Crippen LogP contribution is -2.68. The monoisotopic (exact) mass is 517 g/mol. The highest BCUT2D eigenvalue weighted by Crippen LogP contribution is 2.52. The van der Waals surface area contributed by atoms with Crippen molar-refractivity contribution in [1.29, 1.82) is 0 Å². The van der Waals surface area contributed by atoms with Crippen LogP contribution in [-0.4, -0.2) is 49.0 Å². The average Bonchev–Trinajstić information content (AvgIpc) is 3.10. The first-order valence-electron chi connectivity index (χ1n) is 10.4. The van der Waals surface area contributed by atoms with E-state index in [2.05, 4.69) is 29.5 Å². The lowest BCUT2D eigenvalue weighted by molar-refractivity contribution is -0.106. The Labute approximate surface area is 191 Å². The maximum atomic E-state index is 10.6. The van der Waals surface area contributed by atoms with E-state index in [1.54, 1.807) is 0 Å². The van der Waals surface area contributed by atoms with Gasteiger partial charge in [-0.25, -0.2) is 0 Å². The Balaban J connectivity index is 0.00000300. The molecule has 1 heterocycles. The minimum absolute atomic E-state index is 0. The summed E-state index contributed by atoms with van der Waals surface area (Å²) in [6.45, 7) is 12.4. The molecule has 1 aromatic carbocycles. The third-order valence-electron chi connectivity index (χ3n) is 5.77. The fraction of sp³-hybridized carbons (Fsp3) is 0.682. The van der Waals surface area contributed by atoms with E-state index in [1.165, 1.54) is 0 Å². The number of hydrogen-bond donors (Lipinski definition) is 3. The standard InChI is InChI=1S/C22H35N3O3.HI/c1-6-23-21(25-19-17-10-11-27-20(17)22(19,4)5)24-13-18(26)15-8-7-9-16(12-15)28-14(2)3;/h7-9,12,14,17-20,26H,6,10-11,13H2,1-5H3,(H2,23,24,25);1H. The highest BCUT2D eigenvalue weighted by molar-refractivity contribution is 14.0. The van der Waals surface area contributed by atoms with Gasteiger partial charge in [-0.2, -0.15) is 0 Å². The van der Waals surface area contributed by atoms with Gasteiger partial charge in [0.2, 0.25) is 0 Å². The van der Waals surface area contributed by atoms with Crippen molar-refractivity contribution in [2.24, 2.45) is 16.3 Å². The van der Waals surface area contributed by atoms with Gasteiger partial charge in [-0.15, -0.1) is 24.0 Å². The van der Waals surface area contributed by atoms with Gasteiger partial charge in [-0.05, 0) is 44.9 Å². The van der Waals surface area contributed by atoms with Crippen LogP contribution in [0.15, 0.2) is 29.3 Å². The molecule has 0 amide bonds. The molecule has 4 atom stereocenters. The molecule has 29 heavy (non-hydrogen) atoms. The maximum Gasteiger partial charge on any atom is 0.191 e. The van der Waals surface area contributed by atoms with E-state index in [0.29, 0.717) is 18.1 Å². The molecule has 0 bridgehead atoms. The highest BCUT2D eigenvalue weighted by atomic mass is 127. The van der Waals surface area contributed by atoms with Gasteiger partial charge in [0, 0.05) is 30.5 Å². The molecule has 0 aromatic heterocycles. The summed E-state index contributed by atoms with van der Waals surface area (Å²) in [4.78, 5) is 4.64. The van der Waals surface area contributed by atoms with Crippen LogP contribution in [0, 0.1) is 11.3 Å².